The molecule has 0 radical (unpaired) electrons. The van der Waals surface area contributed by atoms with Gasteiger partial charge in [-0.05, 0) is 48.6 Å². The van der Waals surface area contributed by atoms with Gasteiger partial charge in [-0.1, -0.05) is 0 Å². The van der Waals surface area contributed by atoms with Gasteiger partial charge in [-0.2, -0.15) is 0 Å². The molecule has 0 unspecified atom stereocenters. The van der Waals surface area contributed by atoms with Crippen molar-refractivity contribution in [2.45, 2.75) is 31.6 Å². The predicted molar refractivity (Wildman–Crippen MR) is 100 cm³/mol. The van der Waals surface area contributed by atoms with E-state index in [1.165, 1.54) is 13.3 Å². The van der Waals surface area contributed by atoms with Gasteiger partial charge in [0, 0.05) is 24.4 Å². The fraction of sp³-hybridized carbons (Fsp3) is 0.286. The summed E-state index contributed by atoms with van der Waals surface area (Å²) in [7, 11) is 1.23. The van der Waals surface area contributed by atoms with Crippen LogP contribution in [-0.4, -0.2) is 28.8 Å². The summed E-state index contributed by atoms with van der Waals surface area (Å²) in [5.74, 6) is -0.436. The average molecular weight is 382 g/mol. The Balaban J connectivity index is 1.72. The molecule has 4 rings (SSSR count). The van der Waals surface area contributed by atoms with E-state index in [1.807, 2.05) is 6.07 Å². The number of ether oxygens (including phenoxy) is 2. The maximum atomic E-state index is 14.7. The number of halogens is 1. The van der Waals surface area contributed by atoms with E-state index in [4.69, 9.17) is 9.47 Å². The van der Waals surface area contributed by atoms with E-state index in [9.17, 15) is 14.0 Å². The van der Waals surface area contributed by atoms with Gasteiger partial charge >= 0.3 is 5.97 Å². The van der Waals surface area contributed by atoms with E-state index in [0.29, 0.717) is 42.6 Å². The van der Waals surface area contributed by atoms with Gasteiger partial charge < -0.3 is 14.5 Å². The van der Waals surface area contributed by atoms with Crippen molar-refractivity contribution < 1.29 is 23.5 Å². The number of hydrogen-bond donors (Lipinski definition) is 1. The number of nitrogens with one attached hydrogen (secondary N) is 1. The molecule has 0 bridgehead atoms. The summed E-state index contributed by atoms with van der Waals surface area (Å²) in [6.45, 7) is 0. The summed E-state index contributed by atoms with van der Waals surface area (Å²) >= 11 is 0. The van der Waals surface area contributed by atoms with Gasteiger partial charge in [-0.3, -0.25) is 4.79 Å². The molecule has 0 atom stereocenters. The van der Waals surface area contributed by atoms with Crippen LogP contribution in [-0.2, 0) is 9.53 Å². The first-order valence-electron chi connectivity index (χ1n) is 9.09. The van der Waals surface area contributed by atoms with Crippen molar-refractivity contribution in [3.05, 3.63) is 53.6 Å². The minimum atomic E-state index is -0.685. The van der Waals surface area contributed by atoms with E-state index in [2.05, 4.69) is 9.97 Å². The summed E-state index contributed by atoms with van der Waals surface area (Å²) in [6, 6.07) is 6.33. The fourth-order valence-corrected chi connectivity index (χ4v) is 3.59. The Morgan fingerprint density at radius 2 is 2.04 bits per heavy atom. The monoisotopic (exact) mass is 382 g/mol. The first-order valence-corrected chi connectivity index (χ1v) is 9.09. The molecule has 1 saturated carbocycles. The number of rotatable bonds is 4. The van der Waals surface area contributed by atoms with Gasteiger partial charge in [0.05, 0.1) is 13.3 Å². The van der Waals surface area contributed by atoms with Gasteiger partial charge in [-0.25, -0.2) is 14.2 Å². The topological polar surface area (TPSA) is 81.3 Å². The molecular weight excluding hydrogens is 363 g/mol. The Morgan fingerprint density at radius 1 is 1.25 bits per heavy atom. The number of fused-ring (bicyclic) bond motifs is 1. The molecule has 6 nitrogen and oxygen atoms in total. The average Bonchev–Trinajstić information content (AvgIpc) is 3.17. The third kappa shape index (κ3) is 3.47. The number of ketones is 1. The lowest BCUT2D eigenvalue weighted by Gasteiger charge is -2.23. The fourth-order valence-electron chi connectivity index (χ4n) is 3.59. The molecule has 3 aromatic rings. The zero-order valence-corrected chi connectivity index (χ0v) is 15.3. The molecule has 1 aromatic carbocycles. The van der Waals surface area contributed by atoms with Crippen LogP contribution in [0.5, 0.6) is 11.5 Å². The SMILES string of the molecule is COC(=O)c1cc(F)c(C2CCC(=O)CC2)cc1Oc1cnc2[nH]ccc2c1. The lowest BCUT2D eigenvalue weighted by molar-refractivity contribution is -0.120. The molecule has 0 spiro atoms. The standard InChI is InChI=1S/C21H19FN2O4/c1-27-21(26)17-9-18(22)16(12-2-4-14(25)5-3-12)10-19(17)28-15-8-13-6-7-23-20(13)24-11-15/h6-12H,2-5H2,1H3,(H,23,24). The Kier molecular flexibility index (Phi) is 4.81. The minimum absolute atomic E-state index is 0.00445. The molecule has 1 aliphatic rings. The molecule has 1 aliphatic carbocycles. The van der Waals surface area contributed by atoms with Gasteiger partial charge in [0.25, 0.3) is 0 Å². The number of H-pyrrole nitrogens is 1. The highest BCUT2D eigenvalue weighted by atomic mass is 19.1. The van der Waals surface area contributed by atoms with Crippen LogP contribution in [0.25, 0.3) is 11.0 Å². The highest BCUT2D eigenvalue weighted by Crippen LogP contribution is 2.37. The van der Waals surface area contributed by atoms with Crippen molar-refractivity contribution in [3.63, 3.8) is 0 Å². The molecule has 7 heteroatoms. The second-order valence-corrected chi connectivity index (χ2v) is 6.86. The van der Waals surface area contributed by atoms with Crippen LogP contribution in [0.2, 0.25) is 0 Å². The van der Waals surface area contributed by atoms with Crippen molar-refractivity contribution in [1.29, 1.82) is 0 Å². The Labute approximate surface area is 160 Å². The normalized spacial score (nSPS) is 15.0. The molecule has 0 amide bonds. The number of carbonyl (C=O) groups excluding carboxylic acids is 2. The van der Waals surface area contributed by atoms with Crippen molar-refractivity contribution in [2.24, 2.45) is 0 Å². The molecule has 0 aliphatic heterocycles. The predicted octanol–water partition coefficient (Wildman–Crippen LogP) is 4.51. The van der Waals surface area contributed by atoms with Gasteiger partial charge in [0.2, 0.25) is 0 Å². The largest absolute Gasteiger partial charge is 0.465 e. The lowest BCUT2D eigenvalue weighted by atomic mass is 9.83. The lowest BCUT2D eigenvalue weighted by Crippen LogP contribution is -2.14. The minimum Gasteiger partial charge on any atom is -0.465 e. The maximum Gasteiger partial charge on any atom is 0.341 e. The number of aromatic nitrogens is 2. The number of aromatic amines is 1. The third-order valence-electron chi connectivity index (χ3n) is 5.09. The van der Waals surface area contributed by atoms with E-state index < -0.39 is 11.8 Å². The molecule has 2 aromatic heterocycles. The summed E-state index contributed by atoms with van der Waals surface area (Å²) in [6.07, 6.45) is 5.34. The second-order valence-electron chi connectivity index (χ2n) is 6.86. The zero-order chi connectivity index (χ0) is 19.7. The van der Waals surface area contributed by atoms with Gasteiger partial charge in [-0.15, -0.1) is 0 Å². The van der Waals surface area contributed by atoms with Crippen molar-refractivity contribution in [2.75, 3.05) is 7.11 Å². The van der Waals surface area contributed by atoms with Crippen LogP contribution in [0.1, 0.15) is 47.5 Å². The number of nitrogens with zero attached hydrogens (tertiary/aromatic N) is 1. The number of esters is 1. The highest BCUT2D eigenvalue weighted by Gasteiger charge is 2.26. The van der Waals surface area contributed by atoms with E-state index >= 15 is 0 Å². The number of carbonyl (C=O) groups is 2. The van der Waals surface area contributed by atoms with Crippen molar-refractivity contribution in [3.8, 4) is 11.5 Å². The van der Waals surface area contributed by atoms with Crippen LogP contribution in [0.3, 0.4) is 0 Å². The van der Waals surface area contributed by atoms with Crippen LogP contribution in [0.4, 0.5) is 4.39 Å². The van der Waals surface area contributed by atoms with Crippen LogP contribution >= 0.6 is 0 Å². The summed E-state index contributed by atoms with van der Waals surface area (Å²) in [5.41, 5.74) is 1.17. The quantitative estimate of drug-likeness (QED) is 0.672. The van der Waals surface area contributed by atoms with E-state index in [-0.39, 0.29) is 23.0 Å². The summed E-state index contributed by atoms with van der Waals surface area (Å²) in [5, 5.41) is 0.852. The Hall–Kier alpha value is -3.22. The first kappa shape index (κ1) is 18.2. The Bertz CT molecular complexity index is 1050. The van der Waals surface area contributed by atoms with Crippen LogP contribution in [0.15, 0.2) is 36.7 Å². The van der Waals surface area contributed by atoms with Crippen molar-refractivity contribution in [1.82, 2.24) is 9.97 Å². The number of pyridine rings is 1. The van der Waals surface area contributed by atoms with Crippen LogP contribution < -0.4 is 4.74 Å². The summed E-state index contributed by atoms with van der Waals surface area (Å²) in [4.78, 5) is 30.9. The molecule has 28 heavy (non-hydrogen) atoms. The highest BCUT2D eigenvalue weighted by molar-refractivity contribution is 5.93. The molecule has 0 saturated heterocycles. The number of hydrogen-bond acceptors (Lipinski definition) is 5. The molecular formula is C21H19FN2O4. The van der Waals surface area contributed by atoms with Crippen molar-refractivity contribution >= 4 is 22.8 Å². The van der Waals surface area contributed by atoms with E-state index in [1.54, 1.807) is 18.3 Å². The second kappa shape index (κ2) is 7.42. The molecule has 2 heterocycles. The molecule has 1 fully saturated rings. The smallest absolute Gasteiger partial charge is 0.341 e. The molecule has 1 N–H and O–H groups in total. The van der Waals surface area contributed by atoms with Gasteiger partial charge in [0.1, 0.15) is 34.3 Å². The van der Waals surface area contributed by atoms with Crippen LogP contribution in [0, 0.1) is 5.82 Å². The number of benzene rings is 1. The number of Topliss-reactive ketones (excluding diaryl/α,β-unsaturated/α-hetero) is 1. The maximum absolute atomic E-state index is 14.7. The summed E-state index contributed by atoms with van der Waals surface area (Å²) < 4.78 is 25.4. The Morgan fingerprint density at radius 3 is 2.79 bits per heavy atom. The van der Waals surface area contributed by atoms with E-state index in [0.717, 1.165) is 11.5 Å². The first-order chi connectivity index (χ1) is 13.5. The van der Waals surface area contributed by atoms with Gasteiger partial charge in [0.15, 0.2) is 0 Å². The third-order valence-corrected chi connectivity index (χ3v) is 5.09. The molecule has 144 valence electrons. The number of methoxy groups -OCH3 is 1. The zero-order valence-electron chi connectivity index (χ0n) is 15.3.